The largest absolute Gasteiger partial charge is 0.289 e. The summed E-state index contributed by atoms with van der Waals surface area (Å²) >= 11 is 0. The van der Waals surface area contributed by atoms with Crippen molar-refractivity contribution in [1.29, 1.82) is 0 Å². The van der Waals surface area contributed by atoms with Gasteiger partial charge in [0.25, 0.3) is 0 Å². The molecule has 0 saturated heterocycles. The predicted molar refractivity (Wildman–Crippen MR) is 77.4 cm³/mol. The van der Waals surface area contributed by atoms with E-state index in [1.54, 1.807) is 0 Å². The van der Waals surface area contributed by atoms with Crippen LogP contribution in [0, 0.1) is 0 Å². The monoisotopic (exact) mass is 303 g/mol. The molecule has 1 aromatic rings. The third kappa shape index (κ3) is 3.20. The highest BCUT2D eigenvalue weighted by Gasteiger charge is 2.27. The first-order chi connectivity index (χ1) is 9.59. The summed E-state index contributed by atoms with van der Waals surface area (Å²) in [6.07, 6.45) is 0. The average Bonchev–Trinajstić information content (AvgIpc) is 2.34. The van der Waals surface area contributed by atoms with Gasteiger partial charge in [0, 0.05) is 35.2 Å². The lowest BCUT2D eigenvalue weighted by Gasteiger charge is -2.31. The first-order valence-corrected chi connectivity index (χ1v) is 5.93. The minimum Gasteiger partial charge on any atom is -0.289 e. The van der Waals surface area contributed by atoms with Crippen LogP contribution in [-0.2, 0) is 0 Å². The van der Waals surface area contributed by atoms with Crippen molar-refractivity contribution < 1.29 is 26.0 Å². The van der Waals surface area contributed by atoms with Crippen LogP contribution < -0.4 is 25.3 Å². The molecule has 0 atom stereocenters. The van der Waals surface area contributed by atoms with Crippen molar-refractivity contribution in [2.75, 3.05) is 60.6 Å². The lowest BCUT2D eigenvalue weighted by molar-refractivity contribution is 0.249. The van der Waals surface area contributed by atoms with Crippen LogP contribution in [0.4, 0.5) is 28.4 Å². The molecule has 0 heterocycles. The number of rotatable bonds is 5. The molecule has 0 radical (unpaired) electrons. The maximum absolute atomic E-state index is 9.85. The van der Waals surface area contributed by atoms with Crippen LogP contribution in [0.3, 0.4) is 0 Å². The van der Waals surface area contributed by atoms with Gasteiger partial charge in [-0.2, -0.15) is 0 Å². The zero-order valence-corrected chi connectivity index (χ0v) is 12.5. The summed E-state index contributed by atoms with van der Waals surface area (Å²) in [7, 11) is 6.48. The molecule has 0 spiro atoms. The molecule has 0 saturated carbocycles. The van der Waals surface area contributed by atoms with Gasteiger partial charge in [0.15, 0.2) is 0 Å². The van der Waals surface area contributed by atoms with E-state index in [9.17, 15) is 26.0 Å². The molecule has 0 unspecified atom stereocenters. The molecule has 0 amide bonds. The van der Waals surface area contributed by atoms with Crippen molar-refractivity contribution in [3.05, 3.63) is 6.07 Å². The van der Waals surface area contributed by atoms with Crippen LogP contribution in [0.25, 0.3) is 0 Å². The molecular weight excluding hydrogens is 282 g/mol. The molecule has 0 aliphatic heterocycles. The number of benzene rings is 1. The Morgan fingerprint density at radius 2 is 0.810 bits per heavy atom. The highest BCUT2D eigenvalue weighted by Crippen LogP contribution is 2.48. The number of hydroxylamine groups is 5. The van der Waals surface area contributed by atoms with Gasteiger partial charge in [-0.1, -0.05) is 0 Å². The smallest absolute Gasteiger partial charge is 0.119 e. The number of hydrogen-bond donors (Lipinski definition) is 5. The van der Waals surface area contributed by atoms with Gasteiger partial charge in [-0.15, -0.1) is 0 Å². The zero-order chi connectivity index (χ0) is 16.5. The van der Waals surface area contributed by atoms with Crippen molar-refractivity contribution >= 4 is 28.4 Å². The van der Waals surface area contributed by atoms with Crippen LogP contribution >= 0.6 is 0 Å². The second-order valence-corrected chi connectivity index (χ2v) is 4.58. The summed E-state index contributed by atoms with van der Waals surface area (Å²) in [5.41, 5.74) is 0.201. The van der Waals surface area contributed by atoms with Crippen molar-refractivity contribution in [2.24, 2.45) is 0 Å². The standard InChI is InChI=1S/C11H21N5O5/c1-12(17)7-6-8(13(2)18)10(15(4)20)11(16(5)21)9(7)14(3)19/h6,17-21H,1-5H3. The van der Waals surface area contributed by atoms with E-state index in [1.807, 2.05) is 0 Å². The summed E-state index contributed by atoms with van der Waals surface area (Å²) in [4.78, 5) is 0. The molecule has 0 aliphatic carbocycles. The predicted octanol–water partition coefficient (Wildman–Crippen LogP) is 0.814. The molecule has 10 heteroatoms. The average molecular weight is 303 g/mol. The van der Waals surface area contributed by atoms with Crippen molar-refractivity contribution in [3.8, 4) is 0 Å². The Bertz CT molecular complexity index is 466. The van der Waals surface area contributed by atoms with E-state index >= 15 is 0 Å². The van der Waals surface area contributed by atoms with Crippen molar-refractivity contribution in [2.45, 2.75) is 0 Å². The molecule has 0 fully saturated rings. The van der Waals surface area contributed by atoms with Crippen LogP contribution in [0.15, 0.2) is 6.07 Å². The quantitative estimate of drug-likeness (QED) is 0.500. The van der Waals surface area contributed by atoms with Gasteiger partial charge in [0.05, 0.1) is 11.4 Å². The molecule has 0 aromatic heterocycles. The Kier molecular flexibility index (Phi) is 5.04. The van der Waals surface area contributed by atoms with E-state index < -0.39 is 0 Å². The molecule has 10 nitrogen and oxygen atoms in total. The summed E-state index contributed by atoms with van der Waals surface area (Å²) in [6, 6.07) is 1.33. The van der Waals surface area contributed by atoms with E-state index in [2.05, 4.69) is 0 Å². The first-order valence-electron chi connectivity index (χ1n) is 5.93. The van der Waals surface area contributed by atoms with E-state index in [0.717, 1.165) is 0 Å². The summed E-state index contributed by atoms with van der Waals surface area (Å²) < 4.78 is 0. The highest BCUT2D eigenvalue weighted by atomic mass is 16.5. The van der Waals surface area contributed by atoms with E-state index in [-0.39, 0.29) is 28.4 Å². The van der Waals surface area contributed by atoms with Crippen LogP contribution in [0.2, 0.25) is 0 Å². The third-order valence-corrected chi connectivity index (χ3v) is 2.88. The van der Waals surface area contributed by atoms with Gasteiger partial charge in [-0.25, -0.2) is 0 Å². The van der Waals surface area contributed by atoms with Crippen molar-refractivity contribution in [3.63, 3.8) is 0 Å². The van der Waals surface area contributed by atoms with E-state index in [1.165, 1.54) is 41.3 Å². The molecule has 1 aromatic carbocycles. The zero-order valence-electron chi connectivity index (χ0n) is 12.5. The maximum Gasteiger partial charge on any atom is 0.119 e. The normalized spacial score (nSPS) is 10.4. The van der Waals surface area contributed by atoms with Crippen LogP contribution in [-0.4, -0.2) is 61.3 Å². The van der Waals surface area contributed by atoms with Gasteiger partial charge in [-0.05, 0) is 6.07 Å². The molecular formula is C11H21N5O5. The molecule has 0 bridgehead atoms. The molecule has 1 rings (SSSR count). The number of hydrogen-bond acceptors (Lipinski definition) is 10. The lowest BCUT2D eigenvalue weighted by Crippen LogP contribution is -2.27. The fourth-order valence-corrected chi connectivity index (χ4v) is 2.06. The first kappa shape index (κ1) is 17.1. The molecule has 0 aliphatic rings. The van der Waals surface area contributed by atoms with E-state index in [4.69, 9.17) is 0 Å². The molecule has 120 valence electrons. The highest BCUT2D eigenvalue weighted by molar-refractivity contribution is 5.98. The lowest BCUT2D eigenvalue weighted by atomic mass is 10.1. The number of anilines is 5. The van der Waals surface area contributed by atoms with Crippen molar-refractivity contribution in [1.82, 2.24) is 0 Å². The Labute approximate surface area is 122 Å². The fourth-order valence-electron chi connectivity index (χ4n) is 2.06. The molecule has 5 N–H and O–H groups in total. The Morgan fingerprint density at radius 1 is 0.524 bits per heavy atom. The Morgan fingerprint density at radius 3 is 1.00 bits per heavy atom. The maximum atomic E-state index is 9.85. The van der Waals surface area contributed by atoms with Crippen LogP contribution in [0.1, 0.15) is 0 Å². The summed E-state index contributed by atoms with van der Waals surface area (Å²) in [5.74, 6) is 0. The second kappa shape index (κ2) is 6.20. The fraction of sp³-hybridized carbons (Fsp3) is 0.455. The topological polar surface area (TPSA) is 117 Å². The van der Waals surface area contributed by atoms with E-state index in [0.29, 0.717) is 25.3 Å². The number of nitrogens with zero attached hydrogens (tertiary/aromatic N) is 5. The summed E-state index contributed by atoms with van der Waals surface area (Å²) in [6.45, 7) is 0. The van der Waals surface area contributed by atoms with Gasteiger partial charge in [-0.3, -0.25) is 51.4 Å². The second-order valence-electron chi connectivity index (χ2n) is 4.58. The Balaban J connectivity index is 3.89. The SMILES string of the molecule is CN(O)c1cc(N(C)O)c(N(C)O)c(N(C)O)c1N(C)O. The van der Waals surface area contributed by atoms with Crippen LogP contribution in [0.5, 0.6) is 0 Å². The van der Waals surface area contributed by atoms with Gasteiger partial charge in [0.1, 0.15) is 17.1 Å². The minimum absolute atomic E-state index is 0.0199. The third-order valence-electron chi connectivity index (χ3n) is 2.88. The van der Waals surface area contributed by atoms with Gasteiger partial charge >= 0.3 is 0 Å². The molecule has 21 heavy (non-hydrogen) atoms. The Hall–Kier alpha value is -1.98. The minimum atomic E-state index is -0.0284. The van der Waals surface area contributed by atoms with Gasteiger partial charge in [0.2, 0.25) is 0 Å². The van der Waals surface area contributed by atoms with Gasteiger partial charge < -0.3 is 0 Å². The summed E-state index contributed by atoms with van der Waals surface area (Å²) in [5, 5.41) is 52.3.